The number of aromatic nitrogens is 2. The Bertz CT molecular complexity index is 2460. The summed E-state index contributed by atoms with van der Waals surface area (Å²) in [4.78, 5) is 10.0. The molecule has 0 N–H and O–H groups in total. The highest BCUT2D eigenvalue weighted by Gasteiger charge is 2.51. The van der Waals surface area contributed by atoms with Crippen LogP contribution in [0.15, 0.2) is 158 Å². The first-order valence-electron chi connectivity index (χ1n) is 15.5. The minimum atomic E-state index is -0.370. The number of benzene rings is 6. The van der Waals surface area contributed by atoms with Crippen LogP contribution in [0.4, 0.5) is 0 Å². The van der Waals surface area contributed by atoms with Crippen LogP contribution in [0.25, 0.3) is 66.3 Å². The largest absolute Gasteiger partial charge is 0.254 e. The molecule has 45 heavy (non-hydrogen) atoms. The third-order valence-corrected chi connectivity index (χ3v) is 10.0. The summed E-state index contributed by atoms with van der Waals surface area (Å²) >= 11 is 0. The van der Waals surface area contributed by atoms with Crippen LogP contribution in [-0.2, 0) is 5.41 Å². The van der Waals surface area contributed by atoms with Crippen LogP contribution in [-0.4, -0.2) is 9.97 Å². The fourth-order valence-electron chi connectivity index (χ4n) is 8.27. The fourth-order valence-corrected chi connectivity index (χ4v) is 8.27. The molecular weight excluding hydrogens is 544 g/mol. The van der Waals surface area contributed by atoms with Crippen LogP contribution < -0.4 is 0 Å². The monoisotopic (exact) mass is 570 g/mol. The average molecular weight is 571 g/mol. The van der Waals surface area contributed by atoms with Crippen LogP contribution >= 0.6 is 0 Å². The molecule has 208 valence electrons. The molecule has 0 atom stereocenters. The smallest absolute Gasteiger partial charge is 0.0971 e. The van der Waals surface area contributed by atoms with E-state index in [0.717, 1.165) is 33.1 Å². The van der Waals surface area contributed by atoms with Crippen molar-refractivity contribution in [3.63, 3.8) is 0 Å². The van der Waals surface area contributed by atoms with Gasteiger partial charge in [0.1, 0.15) is 0 Å². The van der Waals surface area contributed by atoms with Crippen LogP contribution in [0.3, 0.4) is 0 Å². The summed E-state index contributed by atoms with van der Waals surface area (Å²) in [6.45, 7) is 0. The van der Waals surface area contributed by atoms with Crippen LogP contribution in [0.1, 0.15) is 22.3 Å². The lowest BCUT2D eigenvalue weighted by Crippen LogP contribution is -2.25. The summed E-state index contributed by atoms with van der Waals surface area (Å²) in [5.41, 5.74) is 14.4. The van der Waals surface area contributed by atoms with E-state index in [4.69, 9.17) is 9.97 Å². The van der Waals surface area contributed by atoms with Crippen molar-refractivity contribution in [2.24, 2.45) is 0 Å². The standard InChI is InChI=1S/C43H26N2/c1-2-13-28-27(12-1)24-25-44-41(28)42-33-17-4-3-14-29(33)35(26-45-42)32-19-11-23-39-40(32)34-18-7-10-22-38(34)43(39)36-20-8-5-15-30(36)31-16-6-9-21-37(31)43/h1-26H. The van der Waals surface area contributed by atoms with E-state index in [2.05, 4.69) is 152 Å². The van der Waals surface area contributed by atoms with Gasteiger partial charge in [0, 0.05) is 28.7 Å². The molecule has 0 aliphatic heterocycles. The molecule has 2 heteroatoms. The molecule has 1 spiro atoms. The van der Waals surface area contributed by atoms with E-state index in [1.54, 1.807) is 0 Å². The summed E-state index contributed by atoms with van der Waals surface area (Å²) in [6.07, 6.45) is 3.96. The Morgan fingerprint density at radius 1 is 0.356 bits per heavy atom. The lowest BCUT2D eigenvalue weighted by atomic mass is 9.70. The quantitative estimate of drug-likeness (QED) is 0.207. The van der Waals surface area contributed by atoms with Gasteiger partial charge >= 0.3 is 0 Å². The van der Waals surface area contributed by atoms with Gasteiger partial charge in [-0.05, 0) is 66.9 Å². The number of hydrogen-bond acceptors (Lipinski definition) is 2. The van der Waals surface area contributed by atoms with Crippen molar-refractivity contribution in [3.05, 3.63) is 180 Å². The lowest BCUT2D eigenvalue weighted by molar-refractivity contribution is 0.794. The molecule has 0 saturated heterocycles. The zero-order valence-electron chi connectivity index (χ0n) is 24.4. The number of nitrogens with zero attached hydrogens (tertiary/aromatic N) is 2. The van der Waals surface area contributed by atoms with E-state index in [1.807, 2.05) is 6.20 Å². The summed E-state index contributed by atoms with van der Waals surface area (Å²) in [5.74, 6) is 0. The summed E-state index contributed by atoms with van der Waals surface area (Å²) < 4.78 is 0. The molecule has 2 aromatic heterocycles. The molecule has 2 aliphatic carbocycles. The Morgan fingerprint density at radius 2 is 0.889 bits per heavy atom. The molecule has 6 aromatic carbocycles. The van der Waals surface area contributed by atoms with Gasteiger partial charge < -0.3 is 0 Å². The third-order valence-electron chi connectivity index (χ3n) is 10.0. The van der Waals surface area contributed by atoms with Gasteiger partial charge in [-0.3, -0.25) is 9.97 Å². The molecule has 0 amide bonds. The SMILES string of the molecule is c1ccc2c(c1)-c1ccccc1C21c2ccccc2-c2c(-c3cnc(-c4nccc5ccccc45)c4ccccc34)cccc21. The second-order valence-corrected chi connectivity index (χ2v) is 12.1. The topological polar surface area (TPSA) is 25.8 Å². The van der Waals surface area contributed by atoms with Gasteiger partial charge in [0.25, 0.3) is 0 Å². The number of rotatable bonds is 2. The van der Waals surface area contributed by atoms with E-state index in [9.17, 15) is 0 Å². The Morgan fingerprint density at radius 3 is 1.64 bits per heavy atom. The Balaban J connectivity index is 1.28. The van der Waals surface area contributed by atoms with Crippen molar-refractivity contribution in [1.29, 1.82) is 0 Å². The van der Waals surface area contributed by atoms with Gasteiger partial charge in [0.2, 0.25) is 0 Å². The lowest BCUT2D eigenvalue weighted by Gasteiger charge is -2.30. The van der Waals surface area contributed by atoms with Crippen LogP contribution in [0.2, 0.25) is 0 Å². The molecule has 0 radical (unpaired) electrons. The summed E-state index contributed by atoms with van der Waals surface area (Å²) in [5, 5.41) is 4.56. The summed E-state index contributed by atoms with van der Waals surface area (Å²) in [7, 11) is 0. The Kier molecular flexibility index (Phi) is 4.95. The van der Waals surface area contributed by atoms with Gasteiger partial charge in [0.15, 0.2) is 0 Å². The van der Waals surface area contributed by atoms with Gasteiger partial charge in [-0.25, -0.2) is 0 Å². The van der Waals surface area contributed by atoms with Crippen molar-refractivity contribution in [2.75, 3.05) is 0 Å². The van der Waals surface area contributed by atoms with Crippen molar-refractivity contribution in [1.82, 2.24) is 9.97 Å². The van der Waals surface area contributed by atoms with Gasteiger partial charge in [-0.1, -0.05) is 140 Å². The number of pyridine rings is 2. The first-order valence-corrected chi connectivity index (χ1v) is 15.5. The van der Waals surface area contributed by atoms with Gasteiger partial charge in [-0.15, -0.1) is 0 Å². The van der Waals surface area contributed by atoms with Crippen molar-refractivity contribution in [3.8, 4) is 44.8 Å². The molecule has 0 bridgehead atoms. The maximum absolute atomic E-state index is 5.18. The molecular formula is C43H26N2. The Labute approximate surface area is 261 Å². The van der Waals surface area contributed by atoms with E-state index in [-0.39, 0.29) is 5.41 Å². The minimum Gasteiger partial charge on any atom is -0.254 e. The predicted molar refractivity (Wildman–Crippen MR) is 184 cm³/mol. The van der Waals surface area contributed by atoms with Crippen LogP contribution in [0, 0.1) is 0 Å². The van der Waals surface area contributed by atoms with Gasteiger partial charge in [-0.2, -0.15) is 0 Å². The maximum atomic E-state index is 5.18. The highest BCUT2D eigenvalue weighted by molar-refractivity contribution is 6.09. The van der Waals surface area contributed by atoms with E-state index >= 15 is 0 Å². The second kappa shape index (κ2) is 9.07. The van der Waals surface area contributed by atoms with Gasteiger partial charge in [0.05, 0.1) is 16.8 Å². The molecule has 0 saturated carbocycles. The Hall–Kier alpha value is -5.86. The molecule has 2 nitrogen and oxygen atoms in total. The third kappa shape index (κ3) is 3.13. The predicted octanol–water partition coefficient (Wildman–Crippen LogP) is 10.5. The molecule has 0 fully saturated rings. The van der Waals surface area contributed by atoms with Crippen LogP contribution in [0.5, 0.6) is 0 Å². The van der Waals surface area contributed by atoms with Crippen molar-refractivity contribution >= 4 is 21.5 Å². The maximum Gasteiger partial charge on any atom is 0.0971 e. The average Bonchev–Trinajstić information content (AvgIpc) is 3.59. The number of fused-ring (bicyclic) bond motifs is 12. The first-order chi connectivity index (χ1) is 22.4. The van der Waals surface area contributed by atoms with E-state index < -0.39 is 0 Å². The van der Waals surface area contributed by atoms with Crippen molar-refractivity contribution < 1.29 is 0 Å². The van der Waals surface area contributed by atoms with E-state index in [0.29, 0.717) is 0 Å². The molecule has 0 unspecified atom stereocenters. The molecule has 10 rings (SSSR count). The fraction of sp³-hybridized carbons (Fsp3) is 0.0233. The number of hydrogen-bond donors (Lipinski definition) is 0. The highest BCUT2D eigenvalue weighted by atomic mass is 14.8. The molecule has 2 aliphatic rings. The molecule has 8 aromatic rings. The molecule has 2 heterocycles. The minimum absolute atomic E-state index is 0.370. The van der Waals surface area contributed by atoms with E-state index in [1.165, 1.54) is 55.5 Å². The van der Waals surface area contributed by atoms with Crippen molar-refractivity contribution in [2.45, 2.75) is 5.41 Å². The summed E-state index contributed by atoms with van der Waals surface area (Å²) in [6, 6.07) is 53.0. The first kappa shape index (κ1) is 24.6. The zero-order valence-corrected chi connectivity index (χ0v) is 24.4. The second-order valence-electron chi connectivity index (χ2n) is 12.1. The highest BCUT2D eigenvalue weighted by Crippen LogP contribution is 2.64. The zero-order chi connectivity index (χ0) is 29.5. The normalized spacial score (nSPS) is 13.5.